The quantitative estimate of drug-likeness (QED) is 0.749. The lowest BCUT2D eigenvalue weighted by molar-refractivity contribution is -0.181. The highest BCUT2D eigenvalue weighted by atomic mass is 16.5. The van der Waals surface area contributed by atoms with Gasteiger partial charge in [-0.1, -0.05) is 33.3 Å². The van der Waals surface area contributed by atoms with Gasteiger partial charge in [0.2, 0.25) is 0 Å². The average molecular weight is 350 g/mol. The van der Waals surface area contributed by atoms with Crippen LogP contribution in [0.4, 0.5) is 0 Å². The fourth-order valence-corrected chi connectivity index (χ4v) is 6.80. The minimum absolute atomic E-state index is 0.0101. The standard InChI is InChI=1S/C21H34O4/c1-19(2)9-5-10-20(3)15(19)8-11-21(13-22)16(20)7-6-14(12-17(21)23)18(24)25-4/h6,15-17,22-23H,5,7-13H2,1-4H3. The van der Waals surface area contributed by atoms with Gasteiger partial charge in [0, 0.05) is 17.4 Å². The van der Waals surface area contributed by atoms with E-state index in [1.807, 2.05) is 6.08 Å². The molecule has 25 heavy (non-hydrogen) atoms. The van der Waals surface area contributed by atoms with Crippen LogP contribution in [0.3, 0.4) is 0 Å². The van der Waals surface area contributed by atoms with Crippen molar-refractivity contribution in [2.45, 2.75) is 71.8 Å². The predicted octanol–water partition coefficient (Wildman–Crippen LogP) is 3.46. The molecular weight excluding hydrogens is 316 g/mol. The van der Waals surface area contributed by atoms with Crippen LogP contribution in [0.2, 0.25) is 0 Å². The second-order valence-electron chi connectivity index (χ2n) is 9.56. The number of aliphatic hydroxyl groups excluding tert-OH is 2. The van der Waals surface area contributed by atoms with Crippen LogP contribution in [0.1, 0.15) is 65.7 Å². The molecule has 3 rings (SSSR count). The van der Waals surface area contributed by atoms with E-state index in [1.54, 1.807) is 0 Å². The molecule has 0 aromatic rings. The molecule has 3 aliphatic carbocycles. The Hall–Kier alpha value is -0.870. The summed E-state index contributed by atoms with van der Waals surface area (Å²) in [5.74, 6) is 0.440. The number of rotatable bonds is 2. The number of carbonyl (C=O) groups is 1. The van der Waals surface area contributed by atoms with Crippen LogP contribution in [0.5, 0.6) is 0 Å². The van der Waals surface area contributed by atoms with Crippen molar-refractivity contribution in [1.82, 2.24) is 0 Å². The van der Waals surface area contributed by atoms with Gasteiger partial charge in [-0.05, 0) is 54.8 Å². The number of aliphatic hydroxyl groups is 2. The predicted molar refractivity (Wildman–Crippen MR) is 96.8 cm³/mol. The van der Waals surface area contributed by atoms with E-state index in [4.69, 9.17) is 4.74 Å². The van der Waals surface area contributed by atoms with Crippen LogP contribution in [0, 0.1) is 28.1 Å². The summed E-state index contributed by atoms with van der Waals surface area (Å²) in [4.78, 5) is 12.1. The van der Waals surface area contributed by atoms with Crippen LogP contribution < -0.4 is 0 Å². The fraction of sp³-hybridized carbons (Fsp3) is 0.857. The van der Waals surface area contributed by atoms with Crippen molar-refractivity contribution in [2.24, 2.45) is 28.1 Å². The minimum Gasteiger partial charge on any atom is -0.466 e. The van der Waals surface area contributed by atoms with Crippen molar-refractivity contribution in [1.29, 1.82) is 0 Å². The molecule has 0 aromatic heterocycles. The van der Waals surface area contributed by atoms with E-state index in [0.717, 1.165) is 25.7 Å². The van der Waals surface area contributed by atoms with Crippen molar-refractivity contribution in [3.8, 4) is 0 Å². The molecule has 0 aliphatic heterocycles. The topological polar surface area (TPSA) is 66.8 Å². The number of methoxy groups -OCH3 is 1. The van der Waals surface area contributed by atoms with Crippen LogP contribution in [-0.2, 0) is 9.53 Å². The Labute approximate surface area is 151 Å². The minimum atomic E-state index is -0.696. The summed E-state index contributed by atoms with van der Waals surface area (Å²) < 4.78 is 4.90. The highest BCUT2D eigenvalue weighted by molar-refractivity contribution is 5.88. The summed E-state index contributed by atoms with van der Waals surface area (Å²) in [6.45, 7) is 7.12. The van der Waals surface area contributed by atoms with Gasteiger partial charge in [-0.2, -0.15) is 0 Å². The highest BCUT2D eigenvalue weighted by Gasteiger charge is 2.61. The second kappa shape index (κ2) is 6.38. The largest absolute Gasteiger partial charge is 0.466 e. The molecule has 0 radical (unpaired) electrons. The van der Waals surface area contributed by atoms with Gasteiger partial charge in [0.15, 0.2) is 0 Å². The SMILES string of the molecule is COC(=O)C1=CCC2C3(C)CCCC(C)(C)C3CCC2(CO)C(O)C1. The van der Waals surface area contributed by atoms with Gasteiger partial charge in [-0.3, -0.25) is 0 Å². The van der Waals surface area contributed by atoms with E-state index < -0.39 is 11.5 Å². The van der Waals surface area contributed by atoms with E-state index >= 15 is 0 Å². The lowest BCUT2D eigenvalue weighted by Gasteiger charge is -2.63. The summed E-state index contributed by atoms with van der Waals surface area (Å²) >= 11 is 0. The van der Waals surface area contributed by atoms with Gasteiger partial charge in [0.1, 0.15) is 0 Å². The lowest BCUT2D eigenvalue weighted by Crippen LogP contribution is -2.59. The summed E-state index contributed by atoms with van der Waals surface area (Å²) in [5.41, 5.74) is 0.435. The van der Waals surface area contributed by atoms with Gasteiger partial charge in [-0.15, -0.1) is 0 Å². The van der Waals surface area contributed by atoms with Crippen LogP contribution in [-0.4, -0.2) is 36.0 Å². The maximum Gasteiger partial charge on any atom is 0.333 e. The van der Waals surface area contributed by atoms with Gasteiger partial charge >= 0.3 is 5.97 Å². The molecule has 2 N–H and O–H groups in total. The van der Waals surface area contributed by atoms with Crippen LogP contribution in [0.15, 0.2) is 11.6 Å². The molecule has 2 saturated carbocycles. The van der Waals surface area contributed by atoms with Crippen LogP contribution in [0.25, 0.3) is 0 Å². The van der Waals surface area contributed by atoms with Gasteiger partial charge in [-0.25, -0.2) is 4.79 Å². The first-order chi connectivity index (χ1) is 11.7. The molecule has 5 atom stereocenters. The molecule has 0 amide bonds. The molecule has 5 unspecified atom stereocenters. The Morgan fingerprint density at radius 3 is 2.60 bits per heavy atom. The van der Waals surface area contributed by atoms with E-state index in [0.29, 0.717) is 16.9 Å². The molecule has 0 bridgehead atoms. The molecule has 0 spiro atoms. The van der Waals surface area contributed by atoms with Gasteiger partial charge in [0.25, 0.3) is 0 Å². The molecular formula is C21H34O4. The zero-order valence-electron chi connectivity index (χ0n) is 16.2. The van der Waals surface area contributed by atoms with Gasteiger partial charge in [0.05, 0.1) is 19.8 Å². The number of hydrogen-bond donors (Lipinski definition) is 2. The Bertz CT molecular complexity index is 566. The number of carbonyl (C=O) groups excluding carboxylic acids is 1. The maximum absolute atomic E-state index is 12.1. The van der Waals surface area contributed by atoms with Crippen molar-refractivity contribution >= 4 is 5.97 Å². The number of allylic oxidation sites excluding steroid dienone is 1. The number of fused-ring (bicyclic) bond motifs is 3. The summed E-state index contributed by atoms with van der Waals surface area (Å²) in [6, 6.07) is 0. The van der Waals surface area contributed by atoms with Crippen molar-refractivity contribution in [3.05, 3.63) is 11.6 Å². The van der Waals surface area contributed by atoms with Crippen molar-refractivity contribution in [3.63, 3.8) is 0 Å². The molecule has 4 heteroatoms. The molecule has 4 nitrogen and oxygen atoms in total. The molecule has 0 heterocycles. The van der Waals surface area contributed by atoms with Gasteiger partial charge < -0.3 is 14.9 Å². The zero-order chi connectivity index (χ0) is 18.5. The third-order valence-corrected chi connectivity index (χ3v) is 8.08. The molecule has 142 valence electrons. The Morgan fingerprint density at radius 2 is 1.96 bits per heavy atom. The normalized spacial score (nSPS) is 43.3. The summed E-state index contributed by atoms with van der Waals surface area (Å²) in [5, 5.41) is 21.5. The average Bonchev–Trinajstić information content (AvgIpc) is 2.71. The smallest absolute Gasteiger partial charge is 0.333 e. The number of hydrogen-bond acceptors (Lipinski definition) is 4. The maximum atomic E-state index is 12.1. The molecule has 0 aromatic carbocycles. The number of esters is 1. The van der Waals surface area contributed by atoms with E-state index in [9.17, 15) is 15.0 Å². The number of ether oxygens (including phenoxy) is 1. The van der Waals surface area contributed by atoms with Crippen LogP contribution >= 0.6 is 0 Å². The Kier molecular flexibility index (Phi) is 4.83. The van der Waals surface area contributed by atoms with E-state index in [-0.39, 0.29) is 30.3 Å². The third kappa shape index (κ3) is 2.76. The van der Waals surface area contributed by atoms with Crippen molar-refractivity contribution in [2.75, 3.05) is 13.7 Å². The van der Waals surface area contributed by atoms with E-state index in [2.05, 4.69) is 20.8 Å². The highest BCUT2D eigenvalue weighted by Crippen LogP contribution is 2.66. The van der Waals surface area contributed by atoms with E-state index in [1.165, 1.54) is 20.0 Å². The summed E-state index contributed by atoms with van der Waals surface area (Å²) in [7, 11) is 1.39. The second-order valence-corrected chi connectivity index (χ2v) is 9.56. The first-order valence-corrected chi connectivity index (χ1v) is 9.77. The zero-order valence-corrected chi connectivity index (χ0v) is 16.2. The Morgan fingerprint density at radius 1 is 1.24 bits per heavy atom. The monoisotopic (exact) mass is 350 g/mol. The third-order valence-electron chi connectivity index (χ3n) is 8.08. The Balaban J connectivity index is 2.04. The molecule has 0 saturated heterocycles. The summed E-state index contributed by atoms with van der Waals surface area (Å²) in [6.07, 6.45) is 7.78. The lowest BCUT2D eigenvalue weighted by atomic mass is 9.42. The first kappa shape index (κ1) is 18.9. The molecule has 2 fully saturated rings. The van der Waals surface area contributed by atoms with Crippen molar-refractivity contribution < 1.29 is 19.7 Å². The molecule has 3 aliphatic rings. The fourth-order valence-electron chi connectivity index (χ4n) is 6.80. The first-order valence-electron chi connectivity index (χ1n) is 9.77.